The lowest BCUT2D eigenvalue weighted by Crippen LogP contribution is -2.34. The molecule has 0 aliphatic heterocycles. The SMILES string of the molecule is C=CC(=O)NC(C(C)C)[PH](=O)O. The number of carbonyl (C=O) groups is 1. The van der Waals surface area contributed by atoms with E-state index in [1.54, 1.807) is 13.8 Å². The van der Waals surface area contributed by atoms with Gasteiger partial charge < -0.3 is 10.2 Å². The highest BCUT2D eigenvalue weighted by molar-refractivity contribution is 7.38. The van der Waals surface area contributed by atoms with Crippen LogP contribution < -0.4 is 5.32 Å². The van der Waals surface area contributed by atoms with Crippen LogP contribution in [-0.2, 0) is 9.36 Å². The highest BCUT2D eigenvalue weighted by Crippen LogP contribution is 2.26. The molecule has 0 spiro atoms. The van der Waals surface area contributed by atoms with Crippen LogP contribution in [-0.4, -0.2) is 16.6 Å². The zero-order valence-corrected chi connectivity index (χ0v) is 8.20. The highest BCUT2D eigenvalue weighted by Gasteiger charge is 2.19. The number of carbonyl (C=O) groups excluding carboxylic acids is 1. The Morgan fingerprint density at radius 3 is 2.42 bits per heavy atom. The van der Waals surface area contributed by atoms with Crippen LogP contribution in [0.2, 0.25) is 0 Å². The summed E-state index contributed by atoms with van der Waals surface area (Å²) < 4.78 is 10.7. The summed E-state index contributed by atoms with van der Waals surface area (Å²) in [5.74, 6) is -1.12. The summed E-state index contributed by atoms with van der Waals surface area (Å²) >= 11 is 0. The van der Waals surface area contributed by atoms with Gasteiger partial charge in [-0.15, -0.1) is 0 Å². The molecule has 0 rings (SSSR count). The summed E-state index contributed by atoms with van der Waals surface area (Å²) in [7, 11) is -2.71. The first-order valence-corrected chi connectivity index (χ1v) is 5.08. The van der Waals surface area contributed by atoms with Crippen LogP contribution in [0.15, 0.2) is 12.7 Å². The van der Waals surface area contributed by atoms with E-state index in [9.17, 15) is 9.36 Å². The Hall–Kier alpha value is -0.600. The van der Waals surface area contributed by atoms with E-state index in [2.05, 4.69) is 11.9 Å². The lowest BCUT2D eigenvalue weighted by molar-refractivity contribution is -0.116. The van der Waals surface area contributed by atoms with Crippen molar-refractivity contribution in [3.05, 3.63) is 12.7 Å². The Morgan fingerprint density at radius 2 is 2.17 bits per heavy atom. The highest BCUT2D eigenvalue weighted by atomic mass is 31.1. The molecule has 0 saturated carbocycles. The normalized spacial score (nSPS) is 15.3. The maximum atomic E-state index is 10.8. The minimum Gasteiger partial charge on any atom is -0.345 e. The number of hydrogen-bond acceptors (Lipinski definition) is 2. The Balaban J connectivity index is 4.23. The Morgan fingerprint density at radius 1 is 1.67 bits per heavy atom. The molecule has 4 nitrogen and oxygen atoms in total. The van der Waals surface area contributed by atoms with E-state index in [0.717, 1.165) is 6.08 Å². The number of hydrogen-bond donors (Lipinski definition) is 2. The predicted octanol–water partition coefficient (Wildman–Crippen LogP) is 0.738. The standard InChI is InChI=1S/C7H14NO3P/c1-4-6(9)8-7(5(2)3)12(10)11/h4-5,7,12H,1H2,2-3H3,(H,8,9)(H,10,11). The molecule has 5 heteroatoms. The minimum atomic E-state index is -2.71. The van der Waals surface area contributed by atoms with Crippen LogP contribution in [0.25, 0.3) is 0 Å². The molecule has 0 aromatic heterocycles. The van der Waals surface area contributed by atoms with Crippen molar-refractivity contribution in [3.8, 4) is 0 Å². The van der Waals surface area contributed by atoms with Crippen molar-refractivity contribution in [1.82, 2.24) is 5.32 Å². The molecule has 0 aromatic rings. The predicted molar refractivity (Wildman–Crippen MR) is 48.2 cm³/mol. The fourth-order valence-corrected chi connectivity index (χ4v) is 1.56. The Bertz CT molecular complexity index is 203. The molecule has 12 heavy (non-hydrogen) atoms. The topological polar surface area (TPSA) is 66.4 Å². The van der Waals surface area contributed by atoms with E-state index < -0.39 is 19.7 Å². The monoisotopic (exact) mass is 191 g/mol. The second-order valence-electron chi connectivity index (χ2n) is 2.77. The molecule has 0 bridgehead atoms. The van der Waals surface area contributed by atoms with Crippen LogP contribution in [0.5, 0.6) is 0 Å². The van der Waals surface area contributed by atoms with Crippen molar-refractivity contribution in [2.24, 2.45) is 5.92 Å². The van der Waals surface area contributed by atoms with Crippen molar-refractivity contribution >= 4 is 13.9 Å². The van der Waals surface area contributed by atoms with Gasteiger partial charge >= 0.3 is 0 Å². The van der Waals surface area contributed by atoms with Crippen molar-refractivity contribution in [2.75, 3.05) is 0 Å². The van der Waals surface area contributed by atoms with Crippen LogP contribution in [0, 0.1) is 5.92 Å². The number of rotatable bonds is 4. The molecule has 0 aliphatic rings. The first-order valence-electron chi connectivity index (χ1n) is 3.64. The first-order chi connectivity index (χ1) is 5.49. The Kier molecular flexibility index (Phi) is 4.86. The summed E-state index contributed by atoms with van der Waals surface area (Å²) in [5.41, 5.74) is 0. The smallest absolute Gasteiger partial charge is 0.244 e. The summed E-state index contributed by atoms with van der Waals surface area (Å²) in [6.45, 7) is 6.79. The summed E-state index contributed by atoms with van der Waals surface area (Å²) in [6.07, 6.45) is 1.08. The second-order valence-corrected chi connectivity index (χ2v) is 4.07. The van der Waals surface area contributed by atoms with Gasteiger partial charge in [-0.05, 0) is 12.0 Å². The van der Waals surface area contributed by atoms with Crippen LogP contribution in [0.4, 0.5) is 0 Å². The third kappa shape index (κ3) is 3.69. The number of amides is 1. The third-order valence-corrected chi connectivity index (χ3v) is 2.76. The third-order valence-electron chi connectivity index (χ3n) is 1.42. The molecule has 0 fully saturated rings. The molecular weight excluding hydrogens is 177 g/mol. The van der Waals surface area contributed by atoms with Gasteiger partial charge in [0.2, 0.25) is 13.9 Å². The van der Waals surface area contributed by atoms with Crippen LogP contribution in [0.1, 0.15) is 13.8 Å². The average Bonchev–Trinajstić information content (AvgIpc) is 1.98. The molecule has 1 amide bonds. The Labute approximate surface area is 72.5 Å². The average molecular weight is 191 g/mol. The zero-order valence-electron chi connectivity index (χ0n) is 7.20. The fraction of sp³-hybridized carbons (Fsp3) is 0.571. The van der Waals surface area contributed by atoms with Gasteiger partial charge in [-0.3, -0.25) is 9.36 Å². The largest absolute Gasteiger partial charge is 0.345 e. The molecular formula is C7H14NO3P. The molecule has 0 aromatic carbocycles. The zero-order chi connectivity index (χ0) is 9.72. The molecule has 0 aliphatic carbocycles. The molecule has 0 radical (unpaired) electrons. The van der Waals surface area contributed by atoms with Crippen molar-refractivity contribution in [3.63, 3.8) is 0 Å². The van der Waals surface area contributed by atoms with E-state index >= 15 is 0 Å². The molecule has 2 N–H and O–H groups in total. The van der Waals surface area contributed by atoms with Gasteiger partial charge in [0.25, 0.3) is 0 Å². The van der Waals surface area contributed by atoms with E-state index in [1.165, 1.54) is 0 Å². The van der Waals surface area contributed by atoms with Gasteiger partial charge in [0.1, 0.15) is 5.78 Å². The lowest BCUT2D eigenvalue weighted by Gasteiger charge is -2.17. The second kappa shape index (κ2) is 5.12. The van der Waals surface area contributed by atoms with Gasteiger partial charge in [0, 0.05) is 0 Å². The summed E-state index contributed by atoms with van der Waals surface area (Å²) in [5, 5.41) is 2.39. The van der Waals surface area contributed by atoms with E-state index in [4.69, 9.17) is 4.89 Å². The van der Waals surface area contributed by atoms with E-state index in [1.807, 2.05) is 0 Å². The quantitative estimate of drug-likeness (QED) is 0.508. The number of nitrogens with one attached hydrogen (secondary N) is 1. The minimum absolute atomic E-state index is 0.0507. The van der Waals surface area contributed by atoms with Gasteiger partial charge in [0.05, 0.1) is 0 Å². The van der Waals surface area contributed by atoms with Crippen molar-refractivity contribution in [1.29, 1.82) is 0 Å². The van der Waals surface area contributed by atoms with Gasteiger partial charge in [0.15, 0.2) is 0 Å². The summed E-state index contributed by atoms with van der Waals surface area (Å²) in [6, 6.07) is 0. The molecule has 0 saturated heterocycles. The maximum Gasteiger partial charge on any atom is 0.244 e. The summed E-state index contributed by atoms with van der Waals surface area (Å²) in [4.78, 5) is 19.6. The van der Waals surface area contributed by atoms with E-state index in [-0.39, 0.29) is 5.92 Å². The fourth-order valence-electron chi connectivity index (χ4n) is 0.726. The molecule has 0 heterocycles. The molecule has 2 unspecified atom stereocenters. The van der Waals surface area contributed by atoms with Crippen LogP contribution >= 0.6 is 8.03 Å². The van der Waals surface area contributed by atoms with Crippen LogP contribution in [0.3, 0.4) is 0 Å². The van der Waals surface area contributed by atoms with Crippen molar-refractivity contribution < 1.29 is 14.3 Å². The molecule has 2 atom stereocenters. The lowest BCUT2D eigenvalue weighted by atomic mass is 10.2. The first kappa shape index (κ1) is 11.4. The van der Waals surface area contributed by atoms with Gasteiger partial charge in [-0.1, -0.05) is 20.4 Å². The van der Waals surface area contributed by atoms with Gasteiger partial charge in [-0.25, -0.2) is 0 Å². The van der Waals surface area contributed by atoms with Crippen molar-refractivity contribution in [2.45, 2.75) is 19.6 Å². The maximum absolute atomic E-state index is 10.8. The van der Waals surface area contributed by atoms with E-state index in [0.29, 0.717) is 0 Å². The molecule has 70 valence electrons. The van der Waals surface area contributed by atoms with Gasteiger partial charge in [-0.2, -0.15) is 0 Å².